The van der Waals surface area contributed by atoms with Crippen LogP contribution >= 0.6 is 0 Å². The molecule has 0 aliphatic rings. The molecule has 0 atom stereocenters. The second-order valence-electron chi connectivity index (χ2n) is 6.96. The maximum absolute atomic E-state index is 12.9. The Morgan fingerprint density at radius 1 is 1.03 bits per heavy atom. The molecule has 4 rings (SSSR count). The zero-order valence-corrected chi connectivity index (χ0v) is 16.6. The molecule has 0 radical (unpaired) electrons. The number of nitrogens with zero attached hydrogens (tertiary/aromatic N) is 1. The van der Waals surface area contributed by atoms with Gasteiger partial charge in [-0.2, -0.15) is 0 Å². The Hall–Kier alpha value is -4.32. The number of carboxylic acids is 1. The monoisotopic (exact) mass is 412 g/mol. The molecule has 0 amide bonds. The van der Waals surface area contributed by atoms with Crippen molar-refractivity contribution < 1.29 is 14.6 Å². The molecule has 0 unspecified atom stereocenters. The number of hydrogen-bond acceptors (Lipinski definition) is 3. The van der Waals surface area contributed by atoms with Crippen molar-refractivity contribution in [2.45, 2.75) is 6.61 Å². The van der Waals surface area contributed by atoms with E-state index in [1.807, 2.05) is 60.7 Å². The van der Waals surface area contributed by atoms with Gasteiger partial charge in [0.2, 0.25) is 0 Å². The van der Waals surface area contributed by atoms with Crippen LogP contribution in [0.1, 0.15) is 21.5 Å². The molecule has 3 aromatic carbocycles. The van der Waals surface area contributed by atoms with E-state index >= 15 is 0 Å². The van der Waals surface area contributed by atoms with Crippen molar-refractivity contribution in [3.05, 3.63) is 116 Å². The number of hydrogen-bond donors (Lipinski definition) is 2. The van der Waals surface area contributed by atoms with Gasteiger partial charge in [-0.25, -0.2) is 9.48 Å². The summed E-state index contributed by atoms with van der Waals surface area (Å²) in [6.45, 7) is 4.17. The minimum Gasteiger partial charge on any atom is -0.488 e. The molecule has 0 bridgehead atoms. The summed E-state index contributed by atoms with van der Waals surface area (Å²) in [6, 6.07) is 23.5. The second kappa shape index (κ2) is 8.59. The summed E-state index contributed by atoms with van der Waals surface area (Å²) in [5.41, 5.74) is 1.94. The van der Waals surface area contributed by atoms with Crippen LogP contribution in [0.4, 0.5) is 0 Å². The van der Waals surface area contributed by atoms with Crippen LogP contribution in [0.25, 0.3) is 18.3 Å². The molecule has 0 saturated heterocycles. The Labute approximate surface area is 178 Å². The predicted molar refractivity (Wildman–Crippen MR) is 119 cm³/mol. The fourth-order valence-corrected chi connectivity index (χ4v) is 3.24. The van der Waals surface area contributed by atoms with Gasteiger partial charge < -0.3 is 9.84 Å². The third-order valence-corrected chi connectivity index (χ3v) is 4.80. The van der Waals surface area contributed by atoms with Gasteiger partial charge in [-0.15, -0.1) is 0 Å². The summed E-state index contributed by atoms with van der Waals surface area (Å²) in [7, 11) is 0. The lowest BCUT2D eigenvalue weighted by atomic mass is 10.1. The highest BCUT2D eigenvalue weighted by Crippen LogP contribution is 2.22. The van der Waals surface area contributed by atoms with Crippen LogP contribution in [0.15, 0.2) is 83.7 Å². The third-order valence-electron chi connectivity index (χ3n) is 4.80. The van der Waals surface area contributed by atoms with E-state index < -0.39 is 5.97 Å². The lowest BCUT2D eigenvalue weighted by Crippen LogP contribution is -2.33. The maximum atomic E-state index is 12.9. The first kappa shape index (κ1) is 20.0. The summed E-state index contributed by atoms with van der Waals surface area (Å²) in [5.74, 6) is -0.844. The van der Waals surface area contributed by atoms with E-state index in [1.54, 1.807) is 18.2 Å². The predicted octanol–water partition coefficient (Wildman–Crippen LogP) is 2.68. The normalized spacial score (nSPS) is 11.4. The number of aromatic nitrogens is 2. The summed E-state index contributed by atoms with van der Waals surface area (Å²) >= 11 is 0. The zero-order valence-electron chi connectivity index (χ0n) is 16.6. The fraction of sp³-hybridized carbons (Fsp3) is 0.0400. The lowest BCUT2D eigenvalue weighted by Gasteiger charge is -2.10. The van der Waals surface area contributed by atoms with E-state index in [-0.39, 0.29) is 23.5 Å². The molecule has 2 N–H and O–H groups in total. The summed E-state index contributed by atoms with van der Waals surface area (Å²) < 4.78 is 7.13. The lowest BCUT2D eigenvalue weighted by molar-refractivity contribution is 0.0691. The van der Waals surface area contributed by atoms with Crippen LogP contribution in [0.5, 0.6) is 5.75 Å². The quantitative estimate of drug-likeness (QED) is 0.510. The third kappa shape index (κ3) is 4.33. The molecule has 1 heterocycles. The van der Waals surface area contributed by atoms with Gasteiger partial charge in [0.05, 0.1) is 16.3 Å². The second-order valence-corrected chi connectivity index (χ2v) is 6.96. The van der Waals surface area contributed by atoms with Crippen molar-refractivity contribution in [2.75, 3.05) is 0 Å². The molecule has 1 aromatic heterocycles. The van der Waals surface area contributed by atoms with Crippen molar-refractivity contribution >= 4 is 18.6 Å². The first-order valence-electron chi connectivity index (χ1n) is 9.64. The fourth-order valence-electron chi connectivity index (χ4n) is 3.24. The molecule has 4 aromatic rings. The highest BCUT2D eigenvalue weighted by molar-refractivity contribution is 5.91. The van der Waals surface area contributed by atoms with E-state index in [4.69, 9.17) is 4.74 Å². The molecule has 6 nitrogen and oxygen atoms in total. The number of benzene rings is 3. The van der Waals surface area contributed by atoms with Crippen LogP contribution in [0, 0.1) is 0 Å². The maximum Gasteiger partial charge on any atom is 0.339 e. The summed E-state index contributed by atoms with van der Waals surface area (Å²) in [5, 5.41) is 13.4. The topological polar surface area (TPSA) is 84.3 Å². The number of rotatable bonds is 6. The number of H-pyrrole nitrogens is 1. The minimum absolute atomic E-state index is 0.0224. The van der Waals surface area contributed by atoms with Gasteiger partial charge in [-0.3, -0.25) is 9.89 Å². The van der Waals surface area contributed by atoms with Crippen molar-refractivity contribution in [1.29, 1.82) is 0 Å². The van der Waals surface area contributed by atoms with Gasteiger partial charge in [0.1, 0.15) is 17.9 Å². The highest BCUT2D eigenvalue weighted by atomic mass is 16.5. The standard InChI is InChI=1S/C25H20N2O4/c1-17-21(24(28)27(26-17)20-10-6-3-7-11-20)14-19-12-13-23(22(15-19)25(29)30)31-16-18-8-4-2-5-9-18/h2-15,26H,1,16H2,(H,29,30)/b21-14-. The molecule has 0 fully saturated rings. The van der Waals surface area contributed by atoms with Gasteiger partial charge in [0.25, 0.3) is 5.56 Å². The molecule has 31 heavy (non-hydrogen) atoms. The van der Waals surface area contributed by atoms with Crippen LogP contribution in [-0.2, 0) is 6.61 Å². The van der Waals surface area contributed by atoms with Gasteiger partial charge in [-0.05, 0) is 41.5 Å². The highest BCUT2D eigenvalue weighted by Gasteiger charge is 2.13. The average Bonchev–Trinajstić information content (AvgIpc) is 3.07. The smallest absolute Gasteiger partial charge is 0.339 e. The van der Waals surface area contributed by atoms with Crippen LogP contribution in [0.2, 0.25) is 0 Å². The number of ether oxygens (including phenoxy) is 1. The van der Waals surface area contributed by atoms with Crippen molar-refractivity contribution in [2.24, 2.45) is 0 Å². The minimum atomic E-state index is -1.11. The molecule has 0 aliphatic heterocycles. The average molecular weight is 412 g/mol. The first-order chi connectivity index (χ1) is 15.0. The van der Waals surface area contributed by atoms with Crippen LogP contribution < -0.4 is 20.9 Å². The number of nitrogens with one attached hydrogen (secondary N) is 1. The number of aromatic carboxylic acids is 1. The Morgan fingerprint density at radius 3 is 2.39 bits per heavy atom. The Bertz CT molecular complexity index is 1390. The molecule has 0 saturated carbocycles. The SMILES string of the molecule is C=c1[nH]n(-c2ccccc2)c(=O)/c1=C\c1ccc(OCc2ccccc2)c(C(=O)O)c1. The Balaban J connectivity index is 1.70. The zero-order chi connectivity index (χ0) is 21.8. The van der Waals surface area contributed by atoms with E-state index in [9.17, 15) is 14.7 Å². The largest absolute Gasteiger partial charge is 0.488 e. The Morgan fingerprint density at radius 2 is 1.71 bits per heavy atom. The van der Waals surface area contributed by atoms with E-state index in [1.165, 1.54) is 10.7 Å². The molecular formula is C25H20N2O4. The molecular weight excluding hydrogens is 392 g/mol. The molecule has 154 valence electrons. The number of aromatic amines is 1. The van der Waals surface area contributed by atoms with Crippen molar-refractivity contribution in [3.8, 4) is 11.4 Å². The number of para-hydroxylation sites is 1. The van der Waals surface area contributed by atoms with E-state index in [0.29, 0.717) is 21.8 Å². The molecule has 6 heteroatoms. The molecule has 0 aliphatic carbocycles. The number of carbonyl (C=O) groups is 1. The number of carboxylic acid groups (broad SMARTS) is 1. The van der Waals surface area contributed by atoms with E-state index in [2.05, 4.69) is 11.7 Å². The summed E-state index contributed by atoms with van der Waals surface area (Å²) in [6.07, 6.45) is 1.62. The van der Waals surface area contributed by atoms with Crippen LogP contribution in [0.3, 0.4) is 0 Å². The van der Waals surface area contributed by atoms with Gasteiger partial charge >= 0.3 is 5.97 Å². The van der Waals surface area contributed by atoms with Gasteiger partial charge in [0.15, 0.2) is 0 Å². The van der Waals surface area contributed by atoms with Gasteiger partial charge in [-0.1, -0.05) is 61.2 Å². The Kier molecular flexibility index (Phi) is 5.53. The van der Waals surface area contributed by atoms with Crippen LogP contribution in [-0.4, -0.2) is 20.9 Å². The van der Waals surface area contributed by atoms with Gasteiger partial charge in [0, 0.05) is 0 Å². The van der Waals surface area contributed by atoms with E-state index in [0.717, 1.165) is 5.56 Å². The first-order valence-corrected chi connectivity index (χ1v) is 9.64. The summed E-state index contributed by atoms with van der Waals surface area (Å²) in [4.78, 5) is 24.6. The van der Waals surface area contributed by atoms with Crippen molar-refractivity contribution in [1.82, 2.24) is 9.78 Å². The molecule has 0 spiro atoms. The van der Waals surface area contributed by atoms with Crippen molar-refractivity contribution in [3.63, 3.8) is 0 Å².